The highest BCUT2D eigenvalue weighted by Gasteiger charge is 2.60. The van der Waals surface area contributed by atoms with E-state index in [1.54, 1.807) is 24.3 Å². The molecule has 1 aliphatic carbocycles. The van der Waals surface area contributed by atoms with Gasteiger partial charge in [-0.15, -0.1) is 0 Å². The van der Waals surface area contributed by atoms with Crippen molar-refractivity contribution < 1.29 is 27.8 Å². The van der Waals surface area contributed by atoms with Crippen molar-refractivity contribution in [2.45, 2.75) is 38.0 Å². The smallest absolute Gasteiger partial charge is 0.425 e. The molecular formula is C20H19F3O3. The van der Waals surface area contributed by atoms with E-state index in [9.17, 15) is 23.1 Å². The molecule has 1 unspecified atom stereocenters. The molecule has 3 rings (SSSR count). The van der Waals surface area contributed by atoms with Crippen molar-refractivity contribution >= 4 is 5.78 Å². The zero-order chi connectivity index (χ0) is 18.9. The predicted molar refractivity (Wildman–Crippen MR) is 91.0 cm³/mol. The lowest BCUT2D eigenvalue weighted by molar-refractivity contribution is -0.246. The molecule has 0 aliphatic heterocycles. The number of hydrogen-bond acceptors (Lipinski definition) is 3. The van der Waals surface area contributed by atoms with Crippen LogP contribution >= 0.6 is 0 Å². The highest BCUT2D eigenvalue weighted by molar-refractivity contribution is 5.81. The van der Waals surface area contributed by atoms with Gasteiger partial charge in [0.25, 0.3) is 0 Å². The average Bonchev–Trinajstić information content (AvgIpc) is 2.85. The van der Waals surface area contributed by atoms with Crippen LogP contribution in [0.5, 0.6) is 5.75 Å². The van der Waals surface area contributed by atoms with Crippen LogP contribution in [0, 0.1) is 0 Å². The zero-order valence-electron chi connectivity index (χ0n) is 14.3. The number of fused-ring (bicyclic) bond motifs is 3. The van der Waals surface area contributed by atoms with E-state index in [1.807, 2.05) is 0 Å². The summed E-state index contributed by atoms with van der Waals surface area (Å²) in [6.45, 7) is 1.81. The summed E-state index contributed by atoms with van der Waals surface area (Å²) in [4.78, 5) is 10.9. The Morgan fingerprint density at radius 3 is 2.46 bits per heavy atom. The normalized spacial score (nSPS) is 18.3. The molecule has 0 aromatic heterocycles. The van der Waals surface area contributed by atoms with Crippen molar-refractivity contribution in [1.82, 2.24) is 0 Å². The fraction of sp³-hybridized carbons (Fsp3) is 0.350. The molecule has 0 heterocycles. The topological polar surface area (TPSA) is 46.5 Å². The third kappa shape index (κ3) is 3.09. The largest absolute Gasteiger partial charge is 0.494 e. The maximum atomic E-state index is 13.7. The van der Waals surface area contributed by atoms with Crippen LogP contribution in [0.2, 0.25) is 0 Å². The molecule has 1 aliphatic rings. The van der Waals surface area contributed by atoms with Crippen molar-refractivity contribution in [2.24, 2.45) is 0 Å². The summed E-state index contributed by atoms with van der Waals surface area (Å²) in [7, 11) is 0. The van der Waals surface area contributed by atoms with E-state index in [-0.39, 0.29) is 22.7 Å². The highest BCUT2D eigenvalue weighted by Crippen LogP contribution is 2.55. The second-order valence-electron chi connectivity index (χ2n) is 6.47. The van der Waals surface area contributed by atoms with E-state index < -0.39 is 11.8 Å². The molecule has 2 aromatic carbocycles. The molecule has 2 aromatic rings. The molecule has 1 N–H and O–H groups in total. The first-order chi connectivity index (χ1) is 12.2. The highest BCUT2D eigenvalue weighted by atomic mass is 19.4. The summed E-state index contributed by atoms with van der Waals surface area (Å²) in [5.41, 5.74) is -2.71. The Hall–Kier alpha value is -2.34. The number of carbonyl (C=O) groups excluding carboxylic acids is 1. The first-order valence-corrected chi connectivity index (χ1v) is 8.41. The van der Waals surface area contributed by atoms with Crippen LogP contribution in [0.25, 0.3) is 11.1 Å². The van der Waals surface area contributed by atoms with Crippen LogP contribution in [0.1, 0.15) is 37.3 Å². The van der Waals surface area contributed by atoms with E-state index in [2.05, 4.69) is 0 Å². The summed E-state index contributed by atoms with van der Waals surface area (Å²) in [5, 5.41) is 10.6. The van der Waals surface area contributed by atoms with Gasteiger partial charge in [0.1, 0.15) is 11.5 Å². The summed E-state index contributed by atoms with van der Waals surface area (Å²) in [6, 6.07) is 10.4. The lowest BCUT2D eigenvalue weighted by Gasteiger charge is -2.28. The second-order valence-corrected chi connectivity index (χ2v) is 6.47. The SMILES string of the molecule is CC(=O)CCCCOc1ccc2c(c1)C(O)(C(F)(F)F)c1ccccc1-2. The van der Waals surface area contributed by atoms with Crippen LogP contribution in [0.3, 0.4) is 0 Å². The number of benzene rings is 2. The van der Waals surface area contributed by atoms with Crippen LogP contribution in [-0.2, 0) is 10.4 Å². The molecule has 0 radical (unpaired) electrons. The lowest BCUT2D eigenvalue weighted by atomic mass is 9.91. The number of ether oxygens (including phenoxy) is 1. The Bertz CT molecular complexity index is 829. The standard InChI is InChI=1S/C20H19F3O3/c1-13(24)6-4-5-11-26-14-9-10-16-15-7-2-3-8-17(15)19(25,18(16)12-14)20(21,22)23/h2-3,7-10,12,25H,4-6,11H2,1H3. The van der Waals surface area contributed by atoms with E-state index in [0.717, 1.165) is 0 Å². The number of aliphatic hydroxyl groups is 1. The van der Waals surface area contributed by atoms with Crippen LogP contribution in [0.4, 0.5) is 13.2 Å². The molecule has 3 nitrogen and oxygen atoms in total. The Kier molecular flexibility index (Phi) is 4.80. The lowest BCUT2D eigenvalue weighted by Crippen LogP contribution is -2.41. The van der Waals surface area contributed by atoms with Crippen molar-refractivity contribution in [3.63, 3.8) is 0 Å². The molecule has 0 saturated heterocycles. The maximum Gasteiger partial charge on any atom is 0.425 e. The number of unbranched alkanes of at least 4 members (excludes halogenated alkanes) is 1. The quantitative estimate of drug-likeness (QED) is 0.762. The molecule has 6 heteroatoms. The Balaban J connectivity index is 1.88. The fourth-order valence-electron chi connectivity index (χ4n) is 3.30. The number of Topliss-reactive ketones (excluding diaryl/α,β-unsaturated/α-hetero) is 1. The van der Waals surface area contributed by atoms with Crippen LogP contribution in [-0.4, -0.2) is 23.7 Å². The molecule has 0 bridgehead atoms. The third-order valence-electron chi connectivity index (χ3n) is 4.59. The van der Waals surface area contributed by atoms with Crippen molar-refractivity contribution in [2.75, 3.05) is 6.61 Å². The molecule has 0 saturated carbocycles. The molecule has 26 heavy (non-hydrogen) atoms. The van der Waals surface area contributed by atoms with Gasteiger partial charge in [-0.3, -0.25) is 0 Å². The number of rotatable bonds is 6. The second kappa shape index (κ2) is 6.76. The summed E-state index contributed by atoms with van der Waals surface area (Å²) >= 11 is 0. The van der Waals surface area contributed by atoms with Gasteiger partial charge in [0.2, 0.25) is 5.60 Å². The van der Waals surface area contributed by atoms with Gasteiger partial charge in [-0.2, -0.15) is 13.2 Å². The van der Waals surface area contributed by atoms with Crippen molar-refractivity contribution in [1.29, 1.82) is 0 Å². The number of hydrogen-bond donors (Lipinski definition) is 1. The van der Waals surface area contributed by atoms with Crippen LogP contribution in [0.15, 0.2) is 42.5 Å². The maximum absolute atomic E-state index is 13.7. The van der Waals surface area contributed by atoms with E-state index in [0.29, 0.717) is 37.0 Å². The first-order valence-electron chi connectivity index (χ1n) is 8.41. The van der Waals surface area contributed by atoms with Crippen molar-refractivity contribution in [3.8, 4) is 16.9 Å². The van der Waals surface area contributed by atoms with Gasteiger partial charge in [-0.05, 0) is 43.0 Å². The van der Waals surface area contributed by atoms with Crippen molar-refractivity contribution in [3.05, 3.63) is 53.6 Å². The number of halogens is 3. The minimum Gasteiger partial charge on any atom is -0.494 e. The van der Waals surface area contributed by atoms with Gasteiger partial charge in [-0.1, -0.05) is 30.3 Å². The van der Waals surface area contributed by atoms with Gasteiger partial charge in [-0.25, -0.2) is 0 Å². The van der Waals surface area contributed by atoms with E-state index >= 15 is 0 Å². The zero-order valence-corrected chi connectivity index (χ0v) is 14.3. The Morgan fingerprint density at radius 2 is 1.77 bits per heavy atom. The summed E-state index contributed by atoms with van der Waals surface area (Å²) < 4.78 is 46.7. The summed E-state index contributed by atoms with van der Waals surface area (Å²) in [6.07, 6.45) is -3.11. The minimum absolute atomic E-state index is 0.0931. The van der Waals surface area contributed by atoms with E-state index in [1.165, 1.54) is 25.1 Å². The fourth-order valence-corrected chi connectivity index (χ4v) is 3.30. The molecular weight excluding hydrogens is 345 g/mol. The van der Waals surface area contributed by atoms with Gasteiger partial charge < -0.3 is 14.6 Å². The Labute approximate surface area is 149 Å². The molecule has 138 valence electrons. The number of alkyl halides is 3. The monoisotopic (exact) mass is 364 g/mol. The van der Waals surface area contributed by atoms with Gasteiger partial charge in [0.05, 0.1) is 6.61 Å². The van der Waals surface area contributed by atoms with Gasteiger partial charge in [0.15, 0.2) is 0 Å². The molecule has 0 amide bonds. The molecule has 0 fully saturated rings. The molecule has 0 spiro atoms. The third-order valence-corrected chi connectivity index (χ3v) is 4.59. The average molecular weight is 364 g/mol. The number of carbonyl (C=O) groups is 1. The number of ketones is 1. The van der Waals surface area contributed by atoms with Gasteiger partial charge in [0, 0.05) is 17.5 Å². The first kappa shape index (κ1) is 18.5. The van der Waals surface area contributed by atoms with Crippen LogP contribution < -0.4 is 4.74 Å². The van der Waals surface area contributed by atoms with Gasteiger partial charge >= 0.3 is 6.18 Å². The minimum atomic E-state index is -4.85. The molecule has 1 atom stereocenters. The summed E-state index contributed by atoms with van der Waals surface area (Å²) in [5.74, 6) is 0.359. The Morgan fingerprint density at radius 1 is 1.08 bits per heavy atom. The van der Waals surface area contributed by atoms with E-state index in [4.69, 9.17) is 4.74 Å². The predicted octanol–water partition coefficient (Wildman–Crippen LogP) is 4.60.